The van der Waals surface area contributed by atoms with Gasteiger partial charge in [-0.15, -0.1) is 0 Å². The molecule has 0 spiro atoms. The number of rotatable bonds is 4. The SMILES string of the molecule is CC(=O)N[C@H]1CN[C@@H](COC(C)=O)C[C@H]1OC(C)=O. The number of carbonyl (C=O) groups excluding carboxylic acids is 3. The van der Waals surface area contributed by atoms with Crippen molar-refractivity contribution < 1.29 is 23.9 Å². The second-order valence-corrected chi connectivity index (χ2v) is 4.60. The minimum absolute atomic E-state index is 0.0849. The monoisotopic (exact) mass is 272 g/mol. The second kappa shape index (κ2) is 7.08. The maximum absolute atomic E-state index is 11.1. The van der Waals surface area contributed by atoms with Gasteiger partial charge in [-0.25, -0.2) is 0 Å². The van der Waals surface area contributed by atoms with Gasteiger partial charge in [0.1, 0.15) is 12.7 Å². The molecular formula is C12H20N2O5. The summed E-state index contributed by atoms with van der Waals surface area (Å²) in [5.74, 6) is -0.925. The zero-order valence-corrected chi connectivity index (χ0v) is 11.4. The van der Waals surface area contributed by atoms with Crippen LogP contribution in [0.1, 0.15) is 27.2 Å². The first-order valence-electron chi connectivity index (χ1n) is 6.19. The van der Waals surface area contributed by atoms with E-state index in [2.05, 4.69) is 10.6 Å². The van der Waals surface area contributed by atoms with Crippen LogP contribution in [0.4, 0.5) is 0 Å². The van der Waals surface area contributed by atoms with Crippen LogP contribution in [0, 0.1) is 0 Å². The molecule has 19 heavy (non-hydrogen) atoms. The molecule has 7 nitrogen and oxygen atoms in total. The zero-order valence-electron chi connectivity index (χ0n) is 11.4. The lowest BCUT2D eigenvalue weighted by Crippen LogP contribution is -2.58. The molecule has 0 aromatic rings. The van der Waals surface area contributed by atoms with Crippen molar-refractivity contribution in [2.45, 2.75) is 45.4 Å². The zero-order chi connectivity index (χ0) is 14.4. The Morgan fingerprint density at radius 1 is 1.21 bits per heavy atom. The second-order valence-electron chi connectivity index (χ2n) is 4.60. The van der Waals surface area contributed by atoms with E-state index < -0.39 is 12.1 Å². The fourth-order valence-corrected chi connectivity index (χ4v) is 2.05. The standard InChI is InChI=1S/C12H20N2O5/c1-7(15)14-11-5-13-10(6-18-8(2)16)4-12(11)19-9(3)17/h10-13H,4-6H2,1-3H3,(H,14,15)/t10-,11+,12-/m1/s1. The van der Waals surface area contributed by atoms with E-state index in [4.69, 9.17) is 9.47 Å². The van der Waals surface area contributed by atoms with Crippen LogP contribution in [0.15, 0.2) is 0 Å². The van der Waals surface area contributed by atoms with Crippen molar-refractivity contribution in [1.29, 1.82) is 0 Å². The smallest absolute Gasteiger partial charge is 0.302 e. The van der Waals surface area contributed by atoms with E-state index >= 15 is 0 Å². The Balaban J connectivity index is 2.56. The van der Waals surface area contributed by atoms with Gasteiger partial charge in [-0.2, -0.15) is 0 Å². The number of nitrogens with one attached hydrogen (secondary N) is 2. The summed E-state index contributed by atoms with van der Waals surface area (Å²) >= 11 is 0. The van der Waals surface area contributed by atoms with Gasteiger partial charge >= 0.3 is 11.9 Å². The number of hydrogen-bond donors (Lipinski definition) is 2. The summed E-state index contributed by atoms with van der Waals surface area (Å²) in [6.45, 7) is 4.76. The van der Waals surface area contributed by atoms with Crippen LogP contribution in [0.5, 0.6) is 0 Å². The molecule has 7 heteroatoms. The van der Waals surface area contributed by atoms with Crippen LogP contribution in [0.2, 0.25) is 0 Å². The molecule has 1 heterocycles. The molecule has 1 aliphatic heterocycles. The van der Waals surface area contributed by atoms with E-state index in [-0.39, 0.29) is 30.6 Å². The van der Waals surface area contributed by atoms with Crippen molar-refractivity contribution >= 4 is 17.8 Å². The van der Waals surface area contributed by atoms with E-state index in [1.807, 2.05) is 0 Å². The van der Waals surface area contributed by atoms with E-state index in [0.717, 1.165) is 0 Å². The average molecular weight is 272 g/mol. The highest BCUT2D eigenvalue weighted by atomic mass is 16.5. The van der Waals surface area contributed by atoms with E-state index in [0.29, 0.717) is 13.0 Å². The molecule has 1 amide bonds. The van der Waals surface area contributed by atoms with Gasteiger partial charge < -0.3 is 20.1 Å². The van der Waals surface area contributed by atoms with Crippen molar-refractivity contribution in [2.75, 3.05) is 13.2 Å². The van der Waals surface area contributed by atoms with Crippen LogP contribution in [0.3, 0.4) is 0 Å². The molecule has 0 bridgehead atoms. The molecular weight excluding hydrogens is 252 g/mol. The lowest BCUT2D eigenvalue weighted by molar-refractivity contribution is -0.152. The van der Waals surface area contributed by atoms with Crippen LogP contribution < -0.4 is 10.6 Å². The van der Waals surface area contributed by atoms with Gasteiger partial charge in [0.2, 0.25) is 5.91 Å². The summed E-state index contributed by atoms with van der Waals surface area (Å²) in [4.78, 5) is 32.9. The largest absolute Gasteiger partial charge is 0.464 e. The summed E-state index contributed by atoms with van der Waals surface area (Å²) in [5.41, 5.74) is 0. The Morgan fingerprint density at radius 3 is 2.42 bits per heavy atom. The highest BCUT2D eigenvalue weighted by molar-refractivity contribution is 5.73. The predicted octanol–water partition coefficient (Wildman–Crippen LogP) is -0.652. The first-order chi connectivity index (χ1) is 8.88. The Labute approximate surface area is 112 Å². The van der Waals surface area contributed by atoms with Gasteiger partial charge in [-0.05, 0) is 0 Å². The molecule has 0 unspecified atom stereocenters. The van der Waals surface area contributed by atoms with Gasteiger partial charge in [-0.1, -0.05) is 0 Å². The Hall–Kier alpha value is -1.63. The number of piperidine rings is 1. The Bertz CT molecular complexity index is 358. The highest BCUT2D eigenvalue weighted by Crippen LogP contribution is 2.14. The molecule has 1 rings (SSSR count). The normalized spacial score (nSPS) is 26.4. The first kappa shape index (κ1) is 15.4. The van der Waals surface area contributed by atoms with Crippen LogP contribution in [-0.4, -0.2) is 49.2 Å². The van der Waals surface area contributed by atoms with Gasteiger partial charge in [0, 0.05) is 39.8 Å². The molecule has 0 aromatic heterocycles. The lowest BCUT2D eigenvalue weighted by atomic mass is 9.97. The molecule has 0 aliphatic carbocycles. The van der Waals surface area contributed by atoms with E-state index in [1.54, 1.807) is 0 Å². The van der Waals surface area contributed by atoms with Crippen molar-refractivity contribution in [2.24, 2.45) is 0 Å². The fourth-order valence-electron chi connectivity index (χ4n) is 2.05. The maximum Gasteiger partial charge on any atom is 0.302 e. The van der Waals surface area contributed by atoms with E-state index in [9.17, 15) is 14.4 Å². The molecule has 0 saturated carbocycles. The third-order valence-electron chi connectivity index (χ3n) is 2.79. The lowest BCUT2D eigenvalue weighted by Gasteiger charge is -2.36. The summed E-state index contributed by atoms with van der Waals surface area (Å²) in [7, 11) is 0. The van der Waals surface area contributed by atoms with Crippen LogP contribution >= 0.6 is 0 Å². The molecule has 0 radical (unpaired) electrons. The Morgan fingerprint density at radius 2 is 1.89 bits per heavy atom. The third kappa shape index (κ3) is 5.69. The molecule has 1 saturated heterocycles. The van der Waals surface area contributed by atoms with Gasteiger partial charge in [0.25, 0.3) is 0 Å². The van der Waals surface area contributed by atoms with Crippen molar-refractivity contribution in [3.8, 4) is 0 Å². The van der Waals surface area contributed by atoms with E-state index in [1.165, 1.54) is 20.8 Å². The average Bonchev–Trinajstić information content (AvgIpc) is 2.28. The van der Waals surface area contributed by atoms with Gasteiger partial charge in [0.05, 0.1) is 6.04 Å². The third-order valence-corrected chi connectivity index (χ3v) is 2.79. The number of esters is 2. The molecule has 3 atom stereocenters. The van der Waals surface area contributed by atoms with Gasteiger partial charge in [-0.3, -0.25) is 14.4 Å². The molecule has 1 fully saturated rings. The summed E-state index contributed by atoms with van der Waals surface area (Å²) in [6, 6.07) is -0.353. The minimum Gasteiger partial charge on any atom is -0.464 e. The molecule has 2 N–H and O–H groups in total. The number of amides is 1. The predicted molar refractivity (Wildman–Crippen MR) is 66.2 cm³/mol. The van der Waals surface area contributed by atoms with Crippen LogP contribution in [0.25, 0.3) is 0 Å². The number of carbonyl (C=O) groups is 3. The number of ether oxygens (including phenoxy) is 2. The quantitative estimate of drug-likeness (QED) is 0.660. The molecule has 0 aromatic carbocycles. The van der Waals surface area contributed by atoms with Crippen molar-refractivity contribution in [3.05, 3.63) is 0 Å². The van der Waals surface area contributed by atoms with Crippen LogP contribution in [-0.2, 0) is 23.9 Å². The minimum atomic E-state index is -0.414. The summed E-state index contributed by atoms with van der Waals surface area (Å²) < 4.78 is 10.1. The fraction of sp³-hybridized carbons (Fsp3) is 0.750. The first-order valence-corrected chi connectivity index (χ1v) is 6.19. The molecule has 1 aliphatic rings. The topological polar surface area (TPSA) is 93.7 Å². The molecule has 108 valence electrons. The Kier molecular flexibility index (Phi) is 5.75. The van der Waals surface area contributed by atoms with Crippen molar-refractivity contribution in [3.63, 3.8) is 0 Å². The van der Waals surface area contributed by atoms with Gasteiger partial charge in [0.15, 0.2) is 0 Å². The highest BCUT2D eigenvalue weighted by Gasteiger charge is 2.33. The number of hydrogen-bond acceptors (Lipinski definition) is 6. The van der Waals surface area contributed by atoms with Crippen molar-refractivity contribution in [1.82, 2.24) is 10.6 Å². The maximum atomic E-state index is 11.1. The summed E-state index contributed by atoms with van der Waals surface area (Å²) in [5, 5.41) is 5.89. The summed E-state index contributed by atoms with van der Waals surface area (Å²) in [6.07, 6.45) is 0.0702.